The Kier molecular flexibility index (Phi) is 6.74. The molecule has 1 rings (SSSR count). The van der Waals surface area contributed by atoms with Crippen LogP contribution in [0, 0.1) is 5.92 Å². The van der Waals surface area contributed by atoms with Crippen molar-refractivity contribution in [3.8, 4) is 0 Å². The van der Waals surface area contributed by atoms with Crippen LogP contribution in [0.1, 0.15) is 31.1 Å². The Labute approximate surface area is 159 Å². The Morgan fingerprint density at radius 3 is 1.81 bits per heavy atom. The lowest BCUT2D eigenvalue weighted by atomic mass is 9.92. The first kappa shape index (κ1) is 20.3. The average Bonchev–Trinajstić information content (AvgIpc) is 2.36. The molecule has 0 amide bonds. The van der Waals surface area contributed by atoms with Crippen LogP contribution in [0.15, 0.2) is 24.3 Å². The van der Waals surface area contributed by atoms with Crippen LogP contribution >= 0.6 is 81.2 Å². The summed E-state index contributed by atoms with van der Waals surface area (Å²) in [6.07, 6.45) is -0.822. The number of hydrogen-bond donors (Lipinski definition) is 1. The Bertz CT molecular complexity index is 494. The topological polar surface area (TPSA) is 20.2 Å². The number of halogens is 7. The largest absolute Gasteiger partial charge is 0.388 e. The van der Waals surface area contributed by atoms with E-state index in [1.165, 1.54) is 0 Å². The van der Waals surface area contributed by atoms with Crippen LogP contribution in [0.25, 0.3) is 0 Å². The van der Waals surface area contributed by atoms with Crippen LogP contribution in [-0.2, 0) is 4.33 Å². The second-order valence-corrected chi connectivity index (χ2v) is 9.86. The Balaban J connectivity index is 3.46. The molecule has 1 N–H and O–H groups in total. The van der Waals surface area contributed by atoms with Crippen LogP contribution in [0.3, 0.4) is 0 Å². The van der Waals surface area contributed by atoms with E-state index in [2.05, 4.69) is 0 Å². The lowest BCUT2D eigenvalue weighted by molar-refractivity contribution is 0.125. The molecule has 120 valence electrons. The SMILES string of the molecule is CC(C)C(O)c1ccccc1C(Cl)(Cl)C(Cl)(Cl)C(Cl)(Cl)Cl. The average molecular weight is 433 g/mol. The molecule has 1 unspecified atom stereocenters. The molecular weight excluding hydrogens is 420 g/mol. The zero-order chi connectivity index (χ0) is 16.6. The van der Waals surface area contributed by atoms with Gasteiger partial charge in [-0.15, -0.1) is 0 Å². The van der Waals surface area contributed by atoms with Gasteiger partial charge in [0, 0.05) is 0 Å². The van der Waals surface area contributed by atoms with Crippen molar-refractivity contribution in [3.05, 3.63) is 35.4 Å². The summed E-state index contributed by atoms with van der Waals surface area (Å²) in [7, 11) is 0. The number of benzene rings is 1. The van der Waals surface area contributed by atoms with Gasteiger partial charge >= 0.3 is 0 Å². The van der Waals surface area contributed by atoms with Crippen LogP contribution in [-0.4, -0.2) is 13.2 Å². The van der Waals surface area contributed by atoms with Gasteiger partial charge in [-0.05, 0) is 17.0 Å². The molecule has 0 aromatic heterocycles. The van der Waals surface area contributed by atoms with Crippen molar-refractivity contribution in [1.82, 2.24) is 0 Å². The predicted molar refractivity (Wildman–Crippen MR) is 94.4 cm³/mol. The molecular formula is C13H13Cl7O. The van der Waals surface area contributed by atoms with E-state index >= 15 is 0 Å². The molecule has 0 spiro atoms. The van der Waals surface area contributed by atoms with E-state index in [4.69, 9.17) is 81.2 Å². The van der Waals surface area contributed by atoms with Crippen molar-refractivity contribution in [2.45, 2.75) is 32.4 Å². The highest BCUT2D eigenvalue weighted by Gasteiger charge is 2.61. The summed E-state index contributed by atoms with van der Waals surface area (Å²) in [6, 6.07) is 6.65. The van der Waals surface area contributed by atoms with Crippen molar-refractivity contribution in [2.24, 2.45) is 5.92 Å². The van der Waals surface area contributed by atoms with Crippen LogP contribution in [0.2, 0.25) is 0 Å². The fraction of sp³-hybridized carbons (Fsp3) is 0.538. The maximum atomic E-state index is 10.3. The summed E-state index contributed by atoms with van der Waals surface area (Å²) in [6.45, 7) is 3.68. The lowest BCUT2D eigenvalue weighted by Crippen LogP contribution is -2.45. The van der Waals surface area contributed by atoms with Crippen LogP contribution in [0.4, 0.5) is 0 Å². The summed E-state index contributed by atoms with van der Waals surface area (Å²) in [5.74, 6) is -0.0805. The highest BCUT2D eigenvalue weighted by Crippen LogP contribution is 2.61. The minimum Gasteiger partial charge on any atom is -0.388 e. The molecule has 0 aliphatic heterocycles. The van der Waals surface area contributed by atoms with Gasteiger partial charge in [-0.1, -0.05) is 119 Å². The Hall–Kier alpha value is 1.21. The Morgan fingerprint density at radius 1 is 0.905 bits per heavy atom. The van der Waals surface area contributed by atoms with E-state index < -0.39 is 18.6 Å². The molecule has 0 heterocycles. The fourth-order valence-corrected chi connectivity index (χ4v) is 3.29. The molecule has 21 heavy (non-hydrogen) atoms. The van der Waals surface area contributed by atoms with Gasteiger partial charge in [-0.25, -0.2) is 0 Å². The molecule has 1 atom stereocenters. The molecule has 1 nitrogen and oxygen atoms in total. The normalized spacial score (nSPS) is 15.4. The third-order valence-corrected chi connectivity index (χ3v) is 6.93. The van der Waals surface area contributed by atoms with Crippen molar-refractivity contribution in [2.75, 3.05) is 0 Å². The molecule has 1 aromatic rings. The van der Waals surface area contributed by atoms with E-state index in [0.717, 1.165) is 0 Å². The zero-order valence-corrected chi connectivity index (χ0v) is 16.3. The first-order valence-corrected chi connectivity index (χ1v) is 8.58. The summed E-state index contributed by atoms with van der Waals surface area (Å²) in [5.41, 5.74) is 0.753. The van der Waals surface area contributed by atoms with Gasteiger partial charge in [0.15, 0.2) is 4.33 Å². The van der Waals surface area contributed by atoms with Gasteiger partial charge in [-0.2, -0.15) is 0 Å². The molecule has 0 aliphatic carbocycles. The maximum absolute atomic E-state index is 10.3. The first-order valence-electron chi connectivity index (χ1n) is 5.94. The first-order chi connectivity index (χ1) is 9.34. The third kappa shape index (κ3) is 4.00. The monoisotopic (exact) mass is 430 g/mol. The Morgan fingerprint density at radius 2 is 1.38 bits per heavy atom. The predicted octanol–water partition coefficient (Wildman–Crippen LogP) is 6.55. The van der Waals surface area contributed by atoms with Crippen molar-refractivity contribution >= 4 is 81.2 Å². The minimum atomic E-state index is -2.14. The fourth-order valence-electron chi connectivity index (χ4n) is 1.75. The van der Waals surface area contributed by atoms with Gasteiger partial charge in [0.05, 0.1) is 6.10 Å². The summed E-state index contributed by atoms with van der Waals surface area (Å²) >= 11 is 42.3. The molecule has 0 fully saturated rings. The van der Waals surface area contributed by atoms with Gasteiger partial charge in [0.25, 0.3) is 0 Å². The lowest BCUT2D eigenvalue weighted by Gasteiger charge is -2.39. The van der Waals surface area contributed by atoms with Crippen molar-refractivity contribution < 1.29 is 5.11 Å². The van der Waals surface area contributed by atoms with Gasteiger partial charge < -0.3 is 5.11 Å². The van der Waals surface area contributed by atoms with E-state index in [-0.39, 0.29) is 11.5 Å². The molecule has 0 bridgehead atoms. The smallest absolute Gasteiger partial charge is 0.226 e. The van der Waals surface area contributed by atoms with Gasteiger partial charge in [-0.3, -0.25) is 0 Å². The zero-order valence-electron chi connectivity index (χ0n) is 11.1. The van der Waals surface area contributed by atoms with Crippen LogP contribution in [0.5, 0.6) is 0 Å². The standard InChI is InChI=1S/C13H13Cl7O/c1-7(2)10(21)8-5-3-4-6-9(8)11(14,15)12(16,17)13(18,19)20/h3-7,10,21H,1-2H3. The van der Waals surface area contributed by atoms with E-state index in [1.807, 2.05) is 13.8 Å². The highest BCUT2D eigenvalue weighted by molar-refractivity contribution is 6.78. The number of aliphatic hydroxyl groups excluding tert-OH is 1. The van der Waals surface area contributed by atoms with Crippen LogP contribution < -0.4 is 0 Å². The summed E-state index contributed by atoms with van der Waals surface area (Å²) in [4.78, 5) is 0. The van der Waals surface area contributed by atoms with E-state index in [1.54, 1.807) is 24.3 Å². The molecule has 0 saturated heterocycles. The number of rotatable bonds is 4. The molecule has 0 radical (unpaired) electrons. The van der Waals surface area contributed by atoms with Gasteiger partial charge in [0.2, 0.25) is 8.13 Å². The van der Waals surface area contributed by atoms with Gasteiger partial charge in [0.1, 0.15) is 0 Å². The number of aliphatic hydroxyl groups is 1. The molecule has 0 aliphatic rings. The summed E-state index contributed by atoms with van der Waals surface area (Å²) < 4.78 is -6.23. The van der Waals surface area contributed by atoms with E-state index in [0.29, 0.717) is 5.56 Å². The number of hydrogen-bond acceptors (Lipinski definition) is 1. The second-order valence-electron chi connectivity index (χ2n) is 4.92. The maximum Gasteiger partial charge on any atom is 0.226 e. The van der Waals surface area contributed by atoms with Crippen molar-refractivity contribution in [3.63, 3.8) is 0 Å². The third-order valence-electron chi connectivity index (χ3n) is 3.00. The molecule has 0 saturated carbocycles. The van der Waals surface area contributed by atoms with E-state index in [9.17, 15) is 5.11 Å². The highest BCUT2D eigenvalue weighted by atomic mass is 35.6. The second kappa shape index (κ2) is 6.99. The quantitative estimate of drug-likeness (QED) is 0.534. The summed E-state index contributed by atoms with van der Waals surface area (Å²) in [5, 5.41) is 10.3. The molecule has 8 heteroatoms. The number of alkyl halides is 7. The minimum absolute atomic E-state index is 0.0805. The van der Waals surface area contributed by atoms with Crippen molar-refractivity contribution in [1.29, 1.82) is 0 Å². The molecule has 1 aromatic carbocycles.